The number of nitrogens with zero attached hydrogens (tertiary/aromatic N) is 2. The van der Waals surface area contributed by atoms with Crippen LogP contribution in [0.2, 0.25) is 0 Å². The Morgan fingerprint density at radius 1 is 1.32 bits per heavy atom. The second kappa shape index (κ2) is 6.35. The van der Waals surface area contributed by atoms with Gasteiger partial charge in [0.05, 0.1) is 6.04 Å². The quantitative estimate of drug-likeness (QED) is 0.886. The summed E-state index contributed by atoms with van der Waals surface area (Å²) in [4.78, 5) is 5.58. The van der Waals surface area contributed by atoms with Gasteiger partial charge in [-0.15, -0.1) is 11.3 Å². The second-order valence-electron chi connectivity index (χ2n) is 4.86. The Labute approximate surface area is 117 Å². The highest BCUT2D eigenvalue weighted by atomic mass is 32.1. The number of thiophene rings is 1. The van der Waals surface area contributed by atoms with E-state index < -0.39 is 0 Å². The van der Waals surface area contributed by atoms with Crippen molar-refractivity contribution in [2.24, 2.45) is 5.92 Å². The summed E-state index contributed by atoms with van der Waals surface area (Å²) >= 11 is 1.75. The molecule has 98 valence electrons. The van der Waals surface area contributed by atoms with Crippen LogP contribution in [0, 0.1) is 17.2 Å². The summed E-state index contributed by atoms with van der Waals surface area (Å²) in [6.45, 7) is 4.42. The van der Waals surface area contributed by atoms with Crippen molar-refractivity contribution in [3.05, 3.63) is 46.3 Å². The number of nitrogens with one attached hydrogen (secondary N) is 1. The average molecular weight is 271 g/mol. The lowest BCUT2D eigenvalue weighted by atomic mass is 10.0. The third-order valence-corrected chi connectivity index (χ3v) is 3.77. The first-order chi connectivity index (χ1) is 9.19. The number of hydrogen-bond acceptors (Lipinski definition) is 4. The molecule has 0 saturated carbocycles. The van der Waals surface area contributed by atoms with E-state index >= 15 is 0 Å². The van der Waals surface area contributed by atoms with E-state index in [0.717, 1.165) is 12.2 Å². The van der Waals surface area contributed by atoms with E-state index in [4.69, 9.17) is 5.26 Å². The van der Waals surface area contributed by atoms with E-state index in [-0.39, 0.29) is 6.04 Å². The fourth-order valence-corrected chi connectivity index (χ4v) is 2.75. The van der Waals surface area contributed by atoms with Crippen LogP contribution in [0.4, 0.5) is 5.82 Å². The lowest BCUT2D eigenvalue weighted by molar-refractivity contribution is 0.534. The molecule has 0 aliphatic rings. The Hall–Kier alpha value is -1.86. The third-order valence-electron chi connectivity index (χ3n) is 2.78. The molecule has 2 aromatic heterocycles. The van der Waals surface area contributed by atoms with Crippen molar-refractivity contribution in [3.63, 3.8) is 0 Å². The van der Waals surface area contributed by atoms with Gasteiger partial charge in [0, 0.05) is 4.88 Å². The van der Waals surface area contributed by atoms with Gasteiger partial charge in [-0.1, -0.05) is 26.0 Å². The molecule has 0 spiro atoms. The Morgan fingerprint density at radius 2 is 2.16 bits per heavy atom. The van der Waals surface area contributed by atoms with Crippen LogP contribution < -0.4 is 5.32 Å². The molecule has 4 heteroatoms. The van der Waals surface area contributed by atoms with E-state index in [1.807, 2.05) is 12.1 Å². The summed E-state index contributed by atoms with van der Waals surface area (Å²) in [7, 11) is 0. The second-order valence-corrected chi connectivity index (χ2v) is 5.84. The molecule has 0 aliphatic heterocycles. The molecular weight excluding hydrogens is 254 g/mol. The Bertz CT molecular complexity index is 555. The van der Waals surface area contributed by atoms with Crippen LogP contribution >= 0.6 is 11.3 Å². The third kappa shape index (κ3) is 3.80. The van der Waals surface area contributed by atoms with Crippen LogP contribution in [0.3, 0.4) is 0 Å². The van der Waals surface area contributed by atoms with Gasteiger partial charge in [-0.05, 0) is 35.9 Å². The molecule has 0 bridgehead atoms. The lowest BCUT2D eigenvalue weighted by Crippen LogP contribution is -2.13. The van der Waals surface area contributed by atoms with Crippen LogP contribution in [-0.2, 0) is 0 Å². The Morgan fingerprint density at radius 3 is 2.79 bits per heavy atom. The molecule has 1 atom stereocenters. The lowest BCUT2D eigenvalue weighted by Gasteiger charge is -2.20. The van der Waals surface area contributed by atoms with E-state index in [1.54, 1.807) is 17.4 Å². The fourth-order valence-electron chi connectivity index (χ4n) is 1.96. The highest BCUT2D eigenvalue weighted by molar-refractivity contribution is 7.10. The van der Waals surface area contributed by atoms with Crippen molar-refractivity contribution in [3.8, 4) is 6.07 Å². The largest absolute Gasteiger partial charge is 0.362 e. The Balaban J connectivity index is 2.18. The van der Waals surface area contributed by atoms with Crippen molar-refractivity contribution in [1.29, 1.82) is 5.26 Å². The van der Waals surface area contributed by atoms with Gasteiger partial charge in [-0.25, -0.2) is 4.98 Å². The van der Waals surface area contributed by atoms with Gasteiger partial charge >= 0.3 is 0 Å². The SMILES string of the molecule is CC(C)CC(Nc1cccc(C#N)n1)c1cccs1. The normalized spacial score (nSPS) is 12.1. The van der Waals surface area contributed by atoms with Gasteiger partial charge in [0.25, 0.3) is 0 Å². The highest BCUT2D eigenvalue weighted by Crippen LogP contribution is 2.28. The monoisotopic (exact) mass is 271 g/mol. The maximum absolute atomic E-state index is 8.89. The molecule has 1 N–H and O–H groups in total. The van der Waals surface area contributed by atoms with Crippen LogP contribution in [0.15, 0.2) is 35.7 Å². The summed E-state index contributed by atoms with van der Waals surface area (Å²) < 4.78 is 0. The van der Waals surface area contributed by atoms with Crippen LogP contribution in [-0.4, -0.2) is 4.98 Å². The first kappa shape index (κ1) is 13.6. The summed E-state index contributed by atoms with van der Waals surface area (Å²) in [6.07, 6.45) is 1.04. The zero-order chi connectivity index (χ0) is 13.7. The number of anilines is 1. The molecular formula is C15H17N3S. The van der Waals surface area contributed by atoms with Gasteiger partial charge in [0.2, 0.25) is 0 Å². The molecule has 19 heavy (non-hydrogen) atoms. The minimum absolute atomic E-state index is 0.251. The molecule has 2 heterocycles. The van der Waals surface area contributed by atoms with E-state index in [9.17, 15) is 0 Å². The highest BCUT2D eigenvalue weighted by Gasteiger charge is 2.14. The smallest absolute Gasteiger partial charge is 0.142 e. The van der Waals surface area contributed by atoms with Crippen LogP contribution in [0.5, 0.6) is 0 Å². The predicted octanol–water partition coefficient (Wildman–Crippen LogP) is 4.21. The van der Waals surface area contributed by atoms with Gasteiger partial charge < -0.3 is 5.32 Å². The van der Waals surface area contributed by atoms with Crippen molar-refractivity contribution >= 4 is 17.2 Å². The maximum Gasteiger partial charge on any atom is 0.142 e. The molecule has 1 unspecified atom stereocenters. The minimum atomic E-state index is 0.251. The number of nitriles is 1. The van der Waals surface area contributed by atoms with E-state index in [2.05, 4.69) is 47.7 Å². The summed E-state index contributed by atoms with van der Waals surface area (Å²) in [5.41, 5.74) is 0.444. The molecule has 0 aromatic carbocycles. The van der Waals surface area contributed by atoms with E-state index in [0.29, 0.717) is 11.6 Å². The fraction of sp³-hybridized carbons (Fsp3) is 0.333. The summed E-state index contributed by atoms with van der Waals surface area (Å²) in [6, 6.07) is 12.0. The van der Waals surface area contributed by atoms with Gasteiger partial charge in [-0.3, -0.25) is 0 Å². The van der Waals surface area contributed by atoms with Crippen molar-refractivity contribution < 1.29 is 0 Å². The minimum Gasteiger partial charge on any atom is -0.362 e. The zero-order valence-corrected chi connectivity index (χ0v) is 11.9. The van der Waals surface area contributed by atoms with Crippen LogP contribution in [0.1, 0.15) is 36.9 Å². The molecule has 0 saturated heterocycles. The topological polar surface area (TPSA) is 48.7 Å². The average Bonchev–Trinajstić information content (AvgIpc) is 2.91. The zero-order valence-electron chi connectivity index (χ0n) is 11.1. The van der Waals surface area contributed by atoms with Crippen molar-refractivity contribution in [2.45, 2.75) is 26.3 Å². The van der Waals surface area contributed by atoms with Crippen molar-refractivity contribution in [1.82, 2.24) is 4.98 Å². The standard InChI is InChI=1S/C15H17N3S/c1-11(2)9-13(14-6-4-8-19-14)18-15-7-3-5-12(10-16)17-15/h3-8,11,13H,9H2,1-2H3,(H,17,18). The first-order valence-electron chi connectivity index (χ1n) is 6.36. The van der Waals surface area contributed by atoms with E-state index in [1.165, 1.54) is 4.88 Å². The van der Waals surface area contributed by atoms with Gasteiger partial charge in [-0.2, -0.15) is 5.26 Å². The number of aromatic nitrogens is 1. The molecule has 2 rings (SSSR count). The number of rotatable bonds is 5. The Kier molecular flexibility index (Phi) is 4.53. The van der Waals surface area contributed by atoms with Crippen LogP contribution in [0.25, 0.3) is 0 Å². The van der Waals surface area contributed by atoms with Crippen molar-refractivity contribution in [2.75, 3.05) is 5.32 Å². The molecule has 0 fully saturated rings. The molecule has 0 radical (unpaired) electrons. The molecule has 0 aliphatic carbocycles. The maximum atomic E-state index is 8.89. The van der Waals surface area contributed by atoms with Gasteiger partial charge in [0.1, 0.15) is 17.6 Å². The predicted molar refractivity (Wildman–Crippen MR) is 79.1 cm³/mol. The summed E-state index contributed by atoms with van der Waals surface area (Å²) in [5.74, 6) is 1.36. The molecule has 2 aromatic rings. The molecule has 0 amide bonds. The number of pyridine rings is 1. The molecule has 3 nitrogen and oxygen atoms in total. The summed E-state index contributed by atoms with van der Waals surface area (Å²) in [5, 5.41) is 14.4. The first-order valence-corrected chi connectivity index (χ1v) is 7.24. The number of hydrogen-bond donors (Lipinski definition) is 1. The van der Waals surface area contributed by atoms with Gasteiger partial charge in [0.15, 0.2) is 0 Å².